The lowest BCUT2D eigenvalue weighted by molar-refractivity contribution is -0.128. The van der Waals surface area contributed by atoms with Crippen LogP contribution in [0.3, 0.4) is 0 Å². The van der Waals surface area contributed by atoms with Gasteiger partial charge in [0.1, 0.15) is 5.37 Å². The van der Waals surface area contributed by atoms with Crippen LogP contribution in [0.15, 0.2) is 36.4 Å². The summed E-state index contributed by atoms with van der Waals surface area (Å²) in [5.41, 5.74) is 2.02. The van der Waals surface area contributed by atoms with Gasteiger partial charge in [-0.1, -0.05) is 12.1 Å². The molecule has 2 aromatic rings. The third-order valence-corrected chi connectivity index (χ3v) is 5.71. The molecule has 136 valence electrons. The van der Waals surface area contributed by atoms with Gasteiger partial charge in [0.15, 0.2) is 23.0 Å². The number of hydrogen-bond acceptors (Lipinski definition) is 6. The zero-order chi connectivity index (χ0) is 18.1. The highest BCUT2D eigenvalue weighted by Gasteiger charge is 2.33. The van der Waals surface area contributed by atoms with Crippen molar-refractivity contribution in [3.05, 3.63) is 47.5 Å². The average molecular weight is 373 g/mol. The number of amides is 1. The van der Waals surface area contributed by atoms with E-state index in [9.17, 15) is 4.79 Å². The summed E-state index contributed by atoms with van der Waals surface area (Å²) in [6, 6.07) is 11.6. The van der Waals surface area contributed by atoms with Gasteiger partial charge in [0, 0.05) is 6.54 Å². The van der Waals surface area contributed by atoms with E-state index in [4.69, 9.17) is 18.9 Å². The summed E-state index contributed by atoms with van der Waals surface area (Å²) < 4.78 is 21.5. The molecule has 0 bridgehead atoms. The van der Waals surface area contributed by atoms with E-state index in [1.54, 1.807) is 26.0 Å². The summed E-state index contributed by atoms with van der Waals surface area (Å²) in [7, 11) is 3.21. The predicted molar refractivity (Wildman–Crippen MR) is 97.9 cm³/mol. The lowest BCUT2D eigenvalue weighted by atomic mass is 10.1. The smallest absolute Gasteiger partial charge is 0.234 e. The van der Waals surface area contributed by atoms with Crippen LogP contribution in [0.5, 0.6) is 23.0 Å². The Morgan fingerprint density at radius 3 is 2.69 bits per heavy atom. The second-order valence-corrected chi connectivity index (χ2v) is 7.06. The third-order valence-electron chi connectivity index (χ3n) is 4.45. The maximum Gasteiger partial charge on any atom is 0.234 e. The van der Waals surface area contributed by atoms with Crippen molar-refractivity contribution in [2.75, 3.05) is 26.8 Å². The monoisotopic (exact) mass is 373 g/mol. The topological polar surface area (TPSA) is 57.2 Å². The van der Waals surface area contributed by atoms with E-state index >= 15 is 0 Å². The van der Waals surface area contributed by atoms with Gasteiger partial charge in [-0.25, -0.2) is 0 Å². The van der Waals surface area contributed by atoms with Crippen molar-refractivity contribution in [1.82, 2.24) is 4.90 Å². The third kappa shape index (κ3) is 3.03. The quantitative estimate of drug-likeness (QED) is 0.802. The van der Waals surface area contributed by atoms with Crippen molar-refractivity contribution < 1.29 is 23.7 Å². The molecule has 0 aromatic heterocycles. The van der Waals surface area contributed by atoms with Crippen molar-refractivity contribution >= 4 is 17.7 Å². The fraction of sp³-hybridized carbons (Fsp3) is 0.316. The number of rotatable bonds is 5. The largest absolute Gasteiger partial charge is 0.493 e. The molecule has 1 atom stereocenters. The molecular weight excluding hydrogens is 354 g/mol. The van der Waals surface area contributed by atoms with Crippen LogP contribution < -0.4 is 18.9 Å². The summed E-state index contributed by atoms with van der Waals surface area (Å²) >= 11 is 1.62. The highest BCUT2D eigenvalue weighted by atomic mass is 32.2. The lowest BCUT2D eigenvalue weighted by Crippen LogP contribution is -2.27. The molecule has 1 saturated heterocycles. The number of methoxy groups -OCH3 is 2. The van der Waals surface area contributed by atoms with Crippen LogP contribution in [0.1, 0.15) is 16.5 Å². The first-order valence-electron chi connectivity index (χ1n) is 8.21. The predicted octanol–water partition coefficient (Wildman–Crippen LogP) is 3.21. The molecule has 0 N–H and O–H groups in total. The summed E-state index contributed by atoms with van der Waals surface area (Å²) in [5.74, 6) is 3.39. The molecule has 0 aliphatic carbocycles. The minimum absolute atomic E-state index is 0.0508. The van der Waals surface area contributed by atoms with E-state index in [-0.39, 0.29) is 18.1 Å². The van der Waals surface area contributed by atoms with Crippen molar-refractivity contribution in [2.45, 2.75) is 11.9 Å². The SMILES string of the molecule is COc1ccc(CN2C(=O)CSC2c2ccc3c(c2)OCO3)cc1OC. The minimum atomic E-state index is -0.0508. The second kappa shape index (κ2) is 6.99. The Labute approximate surface area is 156 Å². The summed E-state index contributed by atoms with van der Waals surface area (Å²) in [5, 5.41) is -0.0508. The van der Waals surface area contributed by atoms with E-state index in [1.807, 2.05) is 41.3 Å². The van der Waals surface area contributed by atoms with E-state index in [0.29, 0.717) is 23.8 Å². The van der Waals surface area contributed by atoms with Crippen LogP contribution in [0.25, 0.3) is 0 Å². The van der Waals surface area contributed by atoms with Crippen LogP contribution in [0.4, 0.5) is 0 Å². The summed E-state index contributed by atoms with van der Waals surface area (Å²) in [6.45, 7) is 0.746. The normalized spacial score (nSPS) is 18.3. The molecule has 2 aliphatic heterocycles. The van der Waals surface area contributed by atoms with Gasteiger partial charge in [0.05, 0.1) is 20.0 Å². The van der Waals surface area contributed by atoms with Crippen LogP contribution in [0.2, 0.25) is 0 Å². The number of nitrogens with zero attached hydrogens (tertiary/aromatic N) is 1. The number of ether oxygens (including phenoxy) is 4. The fourth-order valence-electron chi connectivity index (χ4n) is 3.14. The van der Waals surface area contributed by atoms with Crippen molar-refractivity contribution in [3.8, 4) is 23.0 Å². The maximum absolute atomic E-state index is 12.5. The molecular formula is C19H19NO5S. The van der Waals surface area contributed by atoms with Gasteiger partial charge in [-0.05, 0) is 35.4 Å². The van der Waals surface area contributed by atoms with Gasteiger partial charge in [0.2, 0.25) is 12.7 Å². The molecule has 2 aliphatic rings. The molecule has 2 heterocycles. The number of carbonyl (C=O) groups excluding carboxylic acids is 1. The Morgan fingerprint density at radius 2 is 1.88 bits per heavy atom. The Morgan fingerprint density at radius 1 is 1.08 bits per heavy atom. The van der Waals surface area contributed by atoms with E-state index in [0.717, 1.165) is 22.6 Å². The molecule has 0 spiro atoms. The van der Waals surface area contributed by atoms with E-state index in [2.05, 4.69) is 0 Å². The first kappa shape index (κ1) is 16.9. The van der Waals surface area contributed by atoms with Crippen molar-refractivity contribution in [2.24, 2.45) is 0 Å². The molecule has 7 heteroatoms. The lowest BCUT2D eigenvalue weighted by Gasteiger charge is -2.25. The Bertz CT molecular complexity index is 841. The van der Waals surface area contributed by atoms with Gasteiger partial charge < -0.3 is 23.8 Å². The van der Waals surface area contributed by atoms with Gasteiger partial charge in [-0.3, -0.25) is 4.79 Å². The van der Waals surface area contributed by atoms with Gasteiger partial charge in [-0.15, -0.1) is 11.8 Å². The maximum atomic E-state index is 12.5. The summed E-state index contributed by atoms with van der Waals surface area (Å²) in [4.78, 5) is 14.3. The van der Waals surface area contributed by atoms with Crippen LogP contribution in [-0.4, -0.2) is 37.6 Å². The van der Waals surface area contributed by atoms with E-state index in [1.165, 1.54) is 0 Å². The highest BCUT2D eigenvalue weighted by Crippen LogP contribution is 2.43. The second-order valence-electron chi connectivity index (χ2n) is 5.99. The zero-order valence-corrected chi connectivity index (χ0v) is 15.4. The number of carbonyl (C=O) groups is 1. The van der Waals surface area contributed by atoms with Crippen molar-refractivity contribution in [1.29, 1.82) is 0 Å². The minimum Gasteiger partial charge on any atom is -0.493 e. The average Bonchev–Trinajstić information content (AvgIpc) is 3.28. The molecule has 1 unspecified atom stereocenters. The molecule has 26 heavy (non-hydrogen) atoms. The Balaban J connectivity index is 1.59. The Kier molecular flexibility index (Phi) is 4.55. The molecule has 2 aromatic carbocycles. The van der Waals surface area contributed by atoms with Crippen LogP contribution in [-0.2, 0) is 11.3 Å². The molecule has 4 rings (SSSR count). The number of hydrogen-bond donors (Lipinski definition) is 0. The van der Waals surface area contributed by atoms with Gasteiger partial charge >= 0.3 is 0 Å². The molecule has 0 saturated carbocycles. The first-order chi connectivity index (χ1) is 12.7. The van der Waals surface area contributed by atoms with Crippen LogP contribution >= 0.6 is 11.8 Å². The van der Waals surface area contributed by atoms with Crippen LogP contribution in [0, 0.1) is 0 Å². The Hall–Kier alpha value is -2.54. The molecule has 6 nitrogen and oxygen atoms in total. The highest BCUT2D eigenvalue weighted by molar-refractivity contribution is 8.00. The van der Waals surface area contributed by atoms with Gasteiger partial charge in [-0.2, -0.15) is 0 Å². The molecule has 0 radical (unpaired) electrons. The molecule has 1 amide bonds. The standard InChI is InChI=1S/C19H19NO5S/c1-22-14-5-3-12(7-16(14)23-2)9-20-18(21)10-26-19(20)13-4-6-15-17(8-13)25-11-24-15/h3-8,19H,9-11H2,1-2H3. The van der Waals surface area contributed by atoms with Crippen molar-refractivity contribution in [3.63, 3.8) is 0 Å². The summed E-state index contributed by atoms with van der Waals surface area (Å²) in [6.07, 6.45) is 0. The molecule has 1 fully saturated rings. The fourth-order valence-corrected chi connectivity index (χ4v) is 4.32. The zero-order valence-electron chi connectivity index (χ0n) is 14.6. The van der Waals surface area contributed by atoms with Gasteiger partial charge in [0.25, 0.3) is 0 Å². The number of thioether (sulfide) groups is 1. The number of fused-ring (bicyclic) bond motifs is 1. The number of benzene rings is 2. The first-order valence-corrected chi connectivity index (χ1v) is 9.26. The van der Waals surface area contributed by atoms with E-state index < -0.39 is 0 Å².